The van der Waals surface area contributed by atoms with Gasteiger partial charge in [-0.05, 0) is 26.0 Å². The van der Waals surface area contributed by atoms with Gasteiger partial charge in [-0.3, -0.25) is 4.79 Å². The van der Waals surface area contributed by atoms with Crippen LogP contribution in [-0.2, 0) is 4.79 Å². The minimum absolute atomic E-state index is 0.00729. The van der Waals surface area contributed by atoms with Crippen molar-refractivity contribution in [3.8, 4) is 0 Å². The number of carbonyl (C=O) groups excluding carboxylic acids is 1. The lowest BCUT2D eigenvalue weighted by atomic mass is 10.2. The van der Waals surface area contributed by atoms with Gasteiger partial charge in [0.15, 0.2) is 0 Å². The van der Waals surface area contributed by atoms with Crippen molar-refractivity contribution in [2.45, 2.75) is 49.9 Å². The first-order valence-corrected chi connectivity index (χ1v) is 7.62. The molecule has 0 aromatic rings. The topological polar surface area (TPSA) is 61.4 Å². The van der Waals surface area contributed by atoms with E-state index in [0.717, 1.165) is 0 Å². The van der Waals surface area contributed by atoms with Gasteiger partial charge >= 0.3 is 0 Å². The van der Waals surface area contributed by atoms with Crippen molar-refractivity contribution in [3.05, 3.63) is 0 Å². The van der Waals surface area contributed by atoms with Crippen LogP contribution in [0.25, 0.3) is 0 Å². The quantitative estimate of drug-likeness (QED) is 0.632. The summed E-state index contributed by atoms with van der Waals surface area (Å²) in [5, 5.41) is 15.4. The molecule has 3 N–H and O–H groups in total. The van der Waals surface area contributed by atoms with Gasteiger partial charge in [0.25, 0.3) is 0 Å². The lowest BCUT2D eigenvalue weighted by molar-refractivity contribution is -0.121. The Morgan fingerprint density at radius 3 is 2.65 bits per heavy atom. The summed E-state index contributed by atoms with van der Waals surface area (Å²) in [6, 6.07) is 0.526. The fourth-order valence-electron chi connectivity index (χ4n) is 2.20. The molecule has 100 valence electrons. The summed E-state index contributed by atoms with van der Waals surface area (Å²) in [6.07, 6.45) is 6.86. The maximum Gasteiger partial charge on any atom is 0.234 e. The molecule has 2 atom stereocenters. The summed E-state index contributed by atoms with van der Waals surface area (Å²) in [4.78, 5) is 11.7. The van der Waals surface area contributed by atoms with Gasteiger partial charge < -0.3 is 15.7 Å². The third kappa shape index (κ3) is 5.27. The van der Waals surface area contributed by atoms with Gasteiger partial charge in [-0.15, -0.1) is 0 Å². The number of rotatable bonds is 7. The highest BCUT2D eigenvalue weighted by Gasteiger charge is 2.19. The van der Waals surface area contributed by atoms with Crippen molar-refractivity contribution in [2.75, 3.05) is 19.4 Å². The standard InChI is InChI=1S/C12H24N2O2S/c1-9(11(8-15)17-2)14-12(16)7-13-10-5-3-4-6-10/h9-11,13,15H,3-8H2,1-2H3,(H,14,16). The van der Waals surface area contributed by atoms with Gasteiger partial charge in [-0.25, -0.2) is 0 Å². The lowest BCUT2D eigenvalue weighted by Crippen LogP contribution is -2.46. The molecule has 1 rings (SSSR count). The zero-order chi connectivity index (χ0) is 12.7. The Bertz CT molecular complexity index is 229. The summed E-state index contributed by atoms with van der Waals surface area (Å²) >= 11 is 1.58. The van der Waals surface area contributed by atoms with Crippen molar-refractivity contribution in [1.29, 1.82) is 0 Å². The van der Waals surface area contributed by atoms with E-state index < -0.39 is 0 Å². The van der Waals surface area contributed by atoms with E-state index in [4.69, 9.17) is 5.11 Å². The summed E-state index contributed by atoms with van der Waals surface area (Å²) in [5.41, 5.74) is 0. The maximum absolute atomic E-state index is 11.7. The molecule has 1 aliphatic rings. The predicted molar refractivity (Wildman–Crippen MR) is 72.3 cm³/mol. The Balaban J connectivity index is 2.18. The molecule has 17 heavy (non-hydrogen) atoms. The average Bonchev–Trinajstić information content (AvgIpc) is 2.81. The van der Waals surface area contributed by atoms with Crippen LogP contribution in [-0.4, -0.2) is 47.8 Å². The Kier molecular flexibility index (Phi) is 6.92. The maximum atomic E-state index is 11.7. The minimum atomic E-state index is 0.00729. The van der Waals surface area contributed by atoms with Crippen LogP contribution in [0.5, 0.6) is 0 Å². The summed E-state index contributed by atoms with van der Waals surface area (Å²) in [5.74, 6) is 0.0249. The Morgan fingerprint density at radius 2 is 2.12 bits per heavy atom. The van der Waals surface area contributed by atoms with E-state index in [9.17, 15) is 4.79 Å². The molecule has 0 spiro atoms. The molecule has 0 aromatic heterocycles. The molecule has 1 fully saturated rings. The Morgan fingerprint density at radius 1 is 1.47 bits per heavy atom. The number of thioether (sulfide) groups is 1. The smallest absolute Gasteiger partial charge is 0.234 e. The highest BCUT2D eigenvalue weighted by molar-refractivity contribution is 7.99. The second-order valence-corrected chi connectivity index (χ2v) is 5.75. The minimum Gasteiger partial charge on any atom is -0.395 e. The van der Waals surface area contributed by atoms with Crippen LogP contribution < -0.4 is 10.6 Å². The second-order valence-electron chi connectivity index (χ2n) is 4.68. The van der Waals surface area contributed by atoms with Crippen LogP contribution in [0.4, 0.5) is 0 Å². The zero-order valence-electron chi connectivity index (χ0n) is 10.7. The molecular formula is C12H24N2O2S. The van der Waals surface area contributed by atoms with Crippen molar-refractivity contribution in [2.24, 2.45) is 0 Å². The van der Waals surface area contributed by atoms with Gasteiger partial charge in [0.1, 0.15) is 0 Å². The molecule has 0 heterocycles. The molecule has 0 aliphatic heterocycles. The largest absolute Gasteiger partial charge is 0.395 e. The monoisotopic (exact) mass is 260 g/mol. The third-order valence-corrected chi connectivity index (χ3v) is 4.50. The Hall–Kier alpha value is -0.260. The van der Waals surface area contributed by atoms with Gasteiger partial charge in [0, 0.05) is 17.3 Å². The van der Waals surface area contributed by atoms with E-state index in [0.29, 0.717) is 12.6 Å². The molecule has 0 saturated heterocycles. The first kappa shape index (κ1) is 14.8. The number of nitrogens with one attached hydrogen (secondary N) is 2. The van der Waals surface area contributed by atoms with Crippen LogP contribution in [0, 0.1) is 0 Å². The van der Waals surface area contributed by atoms with E-state index in [2.05, 4.69) is 10.6 Å². The van der Waals surface area contributed by atoms with E-state index >= 15 is 0 Å². The van der Waals surface area contributed by atoms with Gasteiger partial charge in [0.05, 0.1) is 13.2 Å². The van der Waals surface area contributed by atoms with Crippen LogP contribution in [0.2, 0.25) is 0 Å². The van der Waals surface area contributed by atoms with Crippen molar-refractivity contribution < 1.29 is 9.90 Å². The van der Waals surface area contributed by atoms with Crippen molar-refractivity contribution in [1.82, 2.24) is 10.6 Å². The number of hydrogen-bond donors (Lipinski definition) is 3. The molecule has 5 heteroatoms. The zero-order valence-corrected chi connectivity index (χ0v) is 11.6. The molecule has 1 aliphatic carbocycles. The Labute approximate surface area is 108 Å². The van der Waals surface area contributed by atoms with E-state index in [1.54, 1.807) is 11.8 Å². The van der Waals surface area contributed by atoms with Crippen LogP contribution in [0.15, 0.2) is 0 Å². The van der Waals surface area contributed by atoms with E-state index in [1.165, 1.54) is 25.7 Å². The molecule has 1 saturated carbocycles. The fourth-order valence-corrected chi connectivity index (χ4v) is 2.83. The summed E-state index contributed by atoms with van der Waals surface area (Å²) in [6.45, 7) is 2.42. The fraction of sp³-hybridized carbons (Fsp3) is 0.917. The highest BCUT2D eigenvalue weighted by atomic mass is 32.2. The van der Waals surface area contributed by atoms with Gasteiger partial charge in [0.2, 0.25) is 5.91 Å². The summed E-state index contributed by atoms with van der Waals surface area (Å²) in [7, 11) is 0. The van der Waals surface area contributed by atoms with Crippen LogP contribution >= 0.6 is 11.8 Å². The number of aliphatic hydroxyl groups excluding tert-OH is 1. The van der Waals surface area contributed by atoms with Crippen LogP contribution in [0.1, 0.15) is 32.6 Å². The SMILES string of the molecule is CSC(CO)C(C)NC(=O)CNC1CCCC1. The summed E-state index contributed by atoms with van der Waals surface area (Å²) < 4.78 is 0. The first-order valence-electron chi connectivity index (χ1n) is 6.33. The number of hydrogen-bond acceptors (Lipinski definition) is 4. The molecule has 4 nitrogen and oxygen atoms in total. The normalized spacial score (nSPS) is 20.2. The molecule has 0 bridgehead atoms. The number of aliphatic hydroxyl groups is 1. The molecular weight excluding hydrogens is 236 g/mol. The lowest BCUT2D eigenvalue weighted by Gasteiger charge is -2.22. The van der Waals surface area contributed by atoms with Crippen LogP contribution in [0.3, 0.4) is 0 Å². The molecule has 2 unspecified atom stereocenters. The van der Waals surface area contributed by atoms with Crippen molar-refractivity contribution in [3.63, 3.8) is 0 Å². The molecule has 0 radical (unpaired) electrons. The third-order valence-electron chi connectivity index (χ3n) is 3.34. The average molecular weight is 260 g/mol. The van der Waals surface area contributed by atoms with E-state index in [1.807, 2.05) is 13.2 Å². The second kappa shape index (κ2) is 7.95. The predicted octanol–water partition coefficient (Wildman–Crippen LogP) is 0.747. The number of carbonyl (C=O) groups is 1. The molecule has 0 aromatic carbocycles. The highest BCUT2D eigenvalue weighted by Crippen LogP contribution is 2.17. The van der Waals surface area contributed by atoms with Gasteiger partial charge in [-0.1, -0.05) is 12.8 Å². The molecule has 1 amide bonds. The number of amides is 1. The first-order chi connectivity index (χ1) is 8.17. The van der Waals surface area contributed by atoms with Crippen molar-refractivity contribution >= 4 is 17.7 Å². The van der Waals surface area contributed by atoms with Gasteiger partial charge in [-0.2, -0.15) is 11.8 Å². The van der Waals surface area contributed by atoms with E-state index in [-0.39, 0.29) is 23.8 Å².